The maximum absolute atomic E-state index is 13.7. The second kappa shape index (κ2) is 6.17. The number of rotatable bonds is 4. The van der Waals surface area contributed by atoms with Gasteiger partial charge in [-0.3, -0.25) is 0 Å². The number of hydrogen-bond donors (Lipinski definition) is 1. The van der Waals surface area contributed by atoms with E-state index in [1.54, 1.807) is 24.3 Å². The molecule has 0 aromatic heterocycles. The van der Waals surface area contributed by atoms with Crippen LogP contribution in [-0.4, -0.2) is 7.05 Å². The van der Waals surface area contributed by atoms with Crippen molar-refractivity contribution in [3.05, 3.63) is 59.7 Å². The van der Waals surface area contributed by atoms with Gasteiger partial charge in [0, 0.05) is 15.8 Å². The second-order valence-electron chi connectivity index (χ2n) is 4.22. The van der Waals surface area contributed by atoms with Gasteiger partial charge in [0.25, 0.3) is 0 Å². The molecule has 2 aromatic carbocycles. The molecule has 1 atom stereocenters. The predicted octanol–water partition coefficient (Wildman–Crippen LogP) is 4.40. The summed E-state index contributed by atoms with van der Waals surface area (Å²) in [7, 11) is 1.81. The van der Waals surface area contributed by atoms with Crippen LogP contribution in [0.1, 0.15) is 18.5 Å². The highest BCUT2D eigenvalue weighted by Crippen LogP contribution is 2.34. The summed E-state index contributed by atoms with van der Waals surface area (Å²) < 4.78 is 27.0. The summed E-state index contributed by atoms with van der Waals surface area (Å²) >= 11 is 1.31. The molecule has 1 unspecified atom stereocenters. The molecule has 0 aliphatic carbocycles. The zero-order valence-electron chi connectivity index (χ0n) is 10.8. The molecule has 1 N–H and O–H groups in total. The summed E-state index contributed by atoms with van der Waals surface area (Å²) in [4.78, 5) is 1.40. The summed E-state index contributed by atoms with van der Waals surface area (Å²) in [6.07, 6.45) is 0. The van der Waals surface area contributed by atoms with E-state index >= 15 is 0 Å². The number of benzene rings is 2. The lowest BCUT2D eigenvalue weighted by molar-refractivity contribution is 0.598. The van der Waals surface area contributed by atoms with Crippen LogP contribution in [-0.2, 0) is 0 Å². The number of halogens is 2. The van der Waals surface area contributed by atoms with Crippen LogP contribution in [0.25, 0.3) is 0 Å². The van der Waals surface area contributed by atoms with Crippen LogP contribution in [0, 0.1) is 11.6 Å². The van der Waals surface area contributed by atoms with E-state index in [1.807, 2.05) is 14.0 Å². The van der Waals surface area contributed by atoms with E-state index in [0.29, 0.717) is 4.90 Å². The van der Waals surface area contributed by atoms with Gasteiger partial charge in [0.15, 0.2) is 0 Å². The SMILES string of the molecule is CNC(C)c1cc(F)ccc1Sc1ccccc1F. The van der Waals surface area contributed by atoms with Crippen molar-refractivity contribution in [1.82, 2.24) is 5.32 Å². The largest absolute Gasteiger partial charge is 0.313 e. The van der Waals surface area contributed by atoms with Crippen molar-refractivity contribution >= 4 is 11.8 Å². The van der Waals surface area contributed by atoms with E-state index in [2.05, 4.69) is 5.32 Å². The third-order valence-electron chi connectivity index (χ3n) is 2.93. The van der Waals surface area contributed by atoms with Crippen LogP contribution in [0.3, 0.4) is 0 Å². The highest BCUT2D eigenvalue weighted by Gasteiger charge is 2.13. The molecule has 1 nitrogen and oxygen atoms in total. The Labute approximate surface area is 116 Å². The molecule has 0 radical (unpaired) electrons. The molecule has 19 heavy (non-hydrogen) atoms. The van der Waals surface area contributed by atoms with Crippen molar-refractivity contribution in [2.45, 2.75) is 22.8 Å². The van der Waals surface area contributed by atoms with E-state index in [9.17, 15) is 8.78 Å². The molecule has 4 heteroatoms. The average molecular weight is 279 g/mol. The Balaban J connectivity index is 2.37. The zero-order valence-corrected chi connectivity index (χ0v) is 11.6. The Bertz CT molecular complexity index is 572. The molecule has 0 aliphatic rings. The first-order valence-corrected chi connectivity index (χ1v) is 6.82. The van der Waals surface area contributed by atoms with Gasteiger partial charge in [-0.15, -0.1) is 0 Å². The maximum Gasteiger partial charge on any atom is 0.137 e. The molecule has 0 saturated heterocycles. The van der Waals surface area contributed by atoms with Gasteiger partial charge in [-0.05, 0) is 49.9 Å². The summed E-state index contributed by atoms with van der Waals surface area (Å²) in [5, 5.41) is 3.08. The minimum atomic E-state index is -0.282. The van der Waals surface area contributed by atoms with E-state index in [0.717, 1.165) is 10.5 Å². The van der Waals surface area contributed by atoms with Crippen LogP contribution in [0.4, 0.5) is 8.78 Å². The molecule has 0 heterocycles. The first-order valence-electron chi connectivity index (χ1n) is 6.01. The molecule has 2 aromatic rings. The lowest BCUT2D eigenvalue weighted by Gasteiger charge is -2.15. The summed E-state index contributed by atoms with van der Waals surface area (Å²) in [6, 6.07) is 11.2. The van der Waals surface area contributed by atoms with Gasteiger partial charge in [-0.2, -0.15) is 0 Å². The van der Waals surface area contributed by atoms with Crippen LogP contribution in [0.5, 0.6) is 0 Å². The Kier molecular flexibility index (Phi) is 4.56. The highest BCUT2D eigenvalue weighted by molar-refractivity contribution is 7.99. The Hall–Kier alpha value is -1.39. The fourth-order valence-electron chi connectivity index (χ4n) is 1.75. The van der Waals surface area contributed by atoms with E-state index in [4.69, 9.17) is 0 Å². The van der Waals surface area contributed by atoms with Crippen LogP contribution >= 0.6 is 11.8 Å². The predicted molar refractivity (Wildman–Crippen MR) is 74.4 cm³/mol. The van der Waals surface area contributed by atoms with Crippen LogP contribution in [0.15, 0.2) is 52.3 Å². The Morgan fingerprint density at radius 1 is 1.05 bits per heavy atom. The van der Waals surface area contributed by atoms with Crippen molar-refractivity contribution < 1.29 is 8.78 Å². The molecule has 0 spiro atoms. The fraction of sp³-hybridized carbons (Fsp3) is 0.200. The fourth-order valence-corrected chi connectivity index (χ4v) is 2.79. The molecule has 0 saturated carbocycles. The van der Waals surface area contributed by atoms with Gasteiger partial charge in [-0.1, -0.05) is 23.9 Å². The van der Waals surface area contributed by atoms with Crippen molar-refractivity contribution in [3.8, 4) is 0 Å². The van der Waals surface area contributed by atoms with E-state index in [-0.39, 0.29) is 17.7 Å². The minimum Gasteiger partial charge on any atom is -0.313 e. The van der Waals surface area contributed by atoms with Gasteiger partial charge in [0.2, 0.25) is 0 Å². The molecular weight excluding hydrogens is 264 g/mol. The monoisotopic (exact) mass is 279 g/mol. The molecule has 0 bridgehead atoms. The molecular formula is C15H15F2NS. The lowest BCUT2D eigenvalue weighted by Crippen LogP contribution is -2.13. The molecule has 0 amide bonds. The quantitative estimate of drug-likeness (QED) is 0.890. The average Bonchev–Trinajstić information content (AvgIpc) is 2.42. The normalized spacial score (nSPS) is 12.4. The highest BCUT2D eigenvalue weighted by atomic mass is 32.2. The van der Waals surface area contributed by atoms with Gasteiger partial charge < -0.3 is 5.32 Å². The van der Waals surface area contributed by atoms with Crippen molar-refractivity contribution in [3.63, 3.8) is 0 Å². The lowest BCUT2D eigenvalue weighted by atomic mass is 10.1. The first kappa shape index (κ1) is 14.0. The standard InChI is InChI=1S/C15H15F2NS/c1-10(18-2)12-9-11(16)7-8-14(12)19-15-6-4-3-5-13(15)17/h3-10,18H,1-2H3. The summed E-state index contributed by atoms with van der Waals surface area (Å²) in [5.74, 6) is -0.546. The van der Waals surface area contributed by atoms with Gasteiger partial charge in [-0.25, -0.2) is 8.78 Å². The Morgan fingerprint density at radius 3 is 2.47 bits per heavy atom. The molecule has 0 aliphatic heterocycles. The van der Waals surface area contributed by atoms with Crippen LogP contribution in [0.2, 0.25) is 0 Å². The van der Waals surface area contributed by atoms with Crippen molar-refractivity contribution in [2.75, 3.05) is 7.05 Å². The number of nitrogens with one attached hydrogen (secondary N) is 1. The summed E-state index contributed by atoms with van der Waals surface area (Å²) in [5.41, 5.74) is 0.829. The third-order valence-corrected chi connectivity index (χ3v) is 4.07. The van der Waals surface area contributed by atoms with Gasteiger partial charge in [0.05, 0.1) is 0 Å². The first-order chi connectivity index (χ1) is 9.11. The molecule has 2 rings (SSSR count). The Morgan fingerprint density at radius 2 is 1.79 bits per heavy atom. The smallest absolute Gasteiger partial charge is 0.137 e. The summed E-state index contributed by atoms with van der Waals surface area (Å²) in [6.45, 7) is 1.94. The van der Waals surface area contributed by atoms with Crippen molar-refractivity contribution in [2.24, 2.45) is 0 Å². The van der Waals surface area contributed by atoms with Crippen LogP contribution < -0.4 is 5.32 Å². The second-order valence-corrected chi connectivity index (χ2v) is 5.31. The van der Waals surface area contributed by atoms with E-state index in [1.165, 1.54) is 30.0 Å². The minimum absolute atomic E-state index is 0.00461. The van der Waals surface area contributed by atoms with Gasteiger partial charge in [0.1, 0.15) is 11.6 Å². The molecule has 0 fully saturated rings. The topological polar surface area (TPSA) is 12.0 Å². The number of hydrogen-bond acceptors (Lipinski definition) is 2. The van der Waals surface area contributed by atoms with Crippen molar-refractivity contribution in [1.29, 1.82) is 0 Å². The van der Waals surface area contributed by atoms with E-state index < -0.39 is 0 Å². The third kappa shape index (κ3) is 3.33. The maximum atomic E-state index is 13.7. The zero-order chi connectivity index (χ0) is 13.8. The molecule has 100 valence electrons. The van der Waals surface area contributed by atoms with Gasteiger partial charge >= 0.3 is 0 Å².